The van der Waals surface area contributed by atoms with Crippen molar-refractivity contribution in [1.82, 2.24) is 5.32 Å². The van der Waals surface area contributed by atoms with E-state index in [1.807, 2.05) is 0 Å². The Morgan fingerprint density at radius 3 is 2.62 bits per heavy atom. The van der Waals surface area contributed by atoms with E-state index >= 15 is 0 Å². The molecule has 0 aromatic rings. The molecule has 0 aromatic heterocycles. The molecule has 3 heteroatoms. The van der Waals surface area contributed by atoms with Crippen LogP contribution in [0.2, 0.25) is 0 Å². The van der Waals surface area contributed by atoms with Crippen molar-refractivity contribution in [3.05, 3.63) is 0 Å². The third kappa shape index (κ3) is 10.1. The lowest BCUT2D eigenvalue weighted by atomic mass is 10.2. The van der Waals surface area contributed by atoms with Gasteiger partial charge >= 0.3 is 0 Å². The average molecular weight is 297 g/mol. The van der Waals surface area contributed by atoms with E-state index in [0.29, 0.717) is 6.42 Å². The van der Waals surface area contributed by atoms with Crippen LogP contribution >= 0.6 is 22.6 Å². The highest BCUT2D eigenvalue weighted by molar-refractivity contribution is 14.1. The van der Waals surface area contributed by atoms with Crippen LogP contribution < -0.4 is 5.32 Å². The molecule has 0 fully saturated rings. The number of carbonyl (C=O) groups is 1. The molecule has 0 saturated heterocycles. The monoisotopic (exact) mass is 297 g/mol. The number of halogens is 1. The van der Waals surface area contributed by atoms with Crippen LogP contribution in [-0.2, 0) is 4.79 Å². The first-order valence-electron chi connectivity index (χ1n) is 5.14. The predicted octanol–water partition coefficient (Wildman–Crippen LogP) is 2.90. The van der Waals surface area contributed by atoms with E-state index in [2.05, 4.69) is 34.8 Å². The normalized spacial score (nSPS) is 10.0. The van der Waals surface area contributed by atoms with Gasteiger partial charge in [0.2, 0.25) is 5.91 Å². The fourth-order valence-electron chi connectivity index (χ4n) is 1.07. The van der Waals surface area contributed by atoms with Crippen LogP contribution in [0.3, 0.4) is 0 Å². The van der Waals surface area contributed by atoms with Gasteiger partial charge in [-0.05, 0) is 23.7 Å². The number of unbranched alkanes of at least 4 members (excludes halogenated alkanes) is 3. The van der Waals surface area contributed by atoms with Gasteiger partial charge in [0.25, 0.3) is 0 Å². The first-order valence-corrected chi connectivity index (χ1v) is 6.66. The lowest BCUT2D eigenvalue weighted by Gasteiger charge is -2.03. The van der Waals surface area contributed by atoms with Gasteiger partial charge in [-0.15, -0.1) is 0 Å². The van der Waals surface area contributed by atoms with Crippen molar-refractivity contribution < 1.29 is 4.79 Å². The molecule has 0 aromatic carbocycles. The Morgan fingerprint density at radius 2 is 2.00 bits per heavy atom. The topological polar surface area (TPSA) is 29.1 Å². The average Bonchev–Trinajstić information content (AvgIpc) is 2.13. The molecular weight excluding hydrogens is 277 g/mol. The van der Waals surface area contributed by atoms with E-state index in [4.69, 9.17) is 0 Å². The van der Waals surface area contributed by atoms with E-state index in [1.165, 1.54) is 23.7 Å². The van der Waals surface area contributed by atoms with Crippen molar-refractivity contribution in [1.29, 1.82) is 0 Å². The predicted molar refractivity (Wildman–Crippen MR) is 65.3 cm³/mol. The second kappa shape index (κ2) is 10.3. The zero-order valence-corrected chi connectivity index (χ0v) is 10.6. The van der Waals surface area contributed by atoms with Crippen LogP contribution in [0.4, 0.5) is 0 Å². The van der Waals surface area contributed by atoms with Crippen molar-refractivity contribution in [3.63, 3.8) is 0 Å². The summed E-state index contributed by atoms with van der Waals surface area (Å²) in [5, 5.41) is 2.93. The van der Waals surface area contributed by atoms with Crippen LogP contribution in [0.25, 0.3) is 0 Å². The van der Waals surface area contributed by atoms with E-state index in [0.717, 1.165) is 19.4 Å². The SMILES string of the molecule is CCCCCC(=O)NCCCCI. The van der Waals surface area contributed by atoms with Gasteiger partial charge in [-0.1, -0.05) is 42.4 Å². The van der Waals surface area contributed by atoms with Crippen LogP contribution in [0, 0.1) is 0 Å². The molecular formula is C10H20INO. The Bertz CT molecular complexity index is 128. The summed E-state index contributed by atoms with van der Waals surface area (Å²) >= 11 is 2.36. The first-order chi connectivity index (χ1) is 6.31. The third-order valence-corrected chi connectivity index (χ3v) is 2.65. The van der Waals surface area contributed by atoms with Crippen LogP contribution in [-0.4, -0.2) is 16.9 Å². The lowest BCUT2D eigenvalue weighted by molar-refractivity contribution is -0.121. The summed E-state index contributed by atoms with van der Waals surface area (Å²) in [6, 6.07) is 0. The third-order valence-electron chi connectivity index (χ3n) is 1.89. The number of hydrogen-bond acceptors (Lipinski definition) is 1. The van der Waals surface area contributed by atoms with Crippen LogP contribution in [0.1, 0.15) is 45.4 Å². The molecule has 1 N–H and O–H groups in total. The summed E-state index contributed by atoms with van der Waals surface area (Å²) in [5.74, 6) is 0.224. The number of rotatable bonds is 8. The second-order valence-corrected chi connectivity index (χ2v) is 4.28. The molecule has 0 aliphatic carbocycles. The summed E-state index contributed by atoms with van der Waals surface area (Å²) in [7, 11) is 0. The minimum absolute atomic E-state index is 0.224. The molecule has 0 aliphatic heterocycles. The molecule has 13 heavy (non-hydrogen) atoms. The Balaban J connectivity index is 3.11. The Hall–Kier alpha value is 0.200. The van der Waals surface area contributed by atoms with Gasteiger partial charge in [-0.3, -0.25) is 4.79 Å². The molecule has 0 bridgehead atoms. The first kappa shape index (κ1) is 13.2. The highest BCUT2D eigenvalue weighted by Gasteiger charge is 1.98. The van der Waals surface area contributed by atoms with Gasteiger partial charge in [-0.2, -0.15) is 0 Å². The van der Waals surface area contributed by atoms with Gasteiger partial charge in [-0.25, -0.2) is 0 Å². The van der Waals surface area contributed by atoms with Gasteiger partial charge in [0.05, 0.1) is 0 Å². The van der Waals surface area contributed by atoms with E-state index < -0.39 is 0 Å². The lowest BCUT2D eigenvalue weighted by Crippen LogP contribution is -2.23. The van der Waals surface area contributed by atoms with Crippen molar-refractivity contribution in [2.75, 3.05) is 11.0 Å². The molecule has 0 unspecified atom stereocenters. The summed E-state index contributed by atoms with van der Waals surface area (Å²) in [6.07, 6.45) is 6.41. The zero-order valence-electron chi connectivity index (χ0n) is 8.44. The Kier molecular flexibility index (Phi) is 10.4. The van der Waals surface area contributed by atoms with Gasteiger partial charge < -0.3 is 5.32 Å². The largest absolute Gasteiger partial charge is 0.356 e. The second-order valence-electron chi connectivity index (χ2n) is 3.20. The van der Waals surface area contributed by atoms with Gasteiger partial charge in [0, 0.05) is 13.0 Å². The number of amides is 1. The number of alkyl halides is 1. The van der Waals surface area contributed by atoms with E-state index in [1.54, 1.807) is 0 Å². The molecule has 0 rings (SSSR count). The quantitative estimate of drug-likeness (QED) is 0.416. The molecule has 0 radical (unpaired) electrons. The molecule has 1 amide bonds. The molecule has 2 nitrogen and oxygen atoms in total. The minimum Gasteiger partial charge on any atom is -0.356 e. The Morgan fingerprint density at radius 1 is 1.23 bits per heavy atom. The van der Waals surface area contributed by atoms with Gasteiger partial charge in [0.15, 0.2) is 0 Å². The molecule has 0 atom stereocenters. The molecule has 0 spiro atoms. The summed E-state index contributed by atoms with van der Waals surface area (Å²) in [6.45, 7) is 3.01. The summed E-state index contributed by atoms with van der Waals surface area (Å²) < 4.78 is 1.18. The fraction of sp³-hybridized carbons (Fsp3) is 0.900. The zero-order chi connectivity index (χ0) is 9.94. The Labute approximate surface area is 95.0 Å². The maximum atomic E-state index is 11.2. The van der Waals surface area contributed by atoms with Crippen LogP contribution in [0.15, 0.2) is 0 Å². The minimum atomic E-state index is 0.224. The standard InChI is InChI=1S/C10H20INO/c1-2-3-4-7-10(13)12-9-6-5-8-11/h2-9H2,1H3,(H,12,13). The van der Waals surface area contributed by atoms with Crippen molar-refractivity contribution in [2.45, 2.75) is 45.4 Å². The van der Waals surface area contributed by atoms with Gasteiger partial charge in [0.1, 0.15) is 0 Å². The fourth-order valence-corrected chi connectivity index (χ4v) is 1.61. The summed E-state index contributed by atoms with van der Waals surface area (Å²) in [4.78, 5) is 11.2. The van der Waals surface area contributed by atoms with Crippen molar-refractivity contribution in [3.8, 4) is 0 Å². The number of carbonyl (C=O) groups excluding carboxylic acids is 1. The number of hydrogen-bond donors (Lipinski definition) is 1. The molecule has 78 valence electrons. The van der Waals surface area contributed by atoms with Crippen molar-refractivity contribution >= 4 is 28.5 Å². The van der Waals surface area contributed by atoms with Crippen molar-refractivity contribution in [2.24, 2.45) is 0 Å². The maximum Gasteiger partial charge on any atom is 0.219 e. The van der Waals surface area contributed by atoms with Crippen LogP contribution in [0.5, 0.6) is 0 Å². The highest BCUT2D eigenvalue weighted by atomic mass is 127. The van der Waals surface area contributed by atoms with E-state index in [9.17, 15) is 4.79 Å². The molecule has 0 aliphatic rings. The molecule has 0 saturated carbocycles. The maximum absolute atomic E-state index is 11.2. The highest BCUT2D eigenvalue weighted by Crippen LogP contribution is 1.98. The summed E-state index contributed by atoms with van der Waals surface area (Å²) in [5.41, 5.74) is 0. The van der Waals surface area contributed by atoms with E-state index in [-0.39, 0.29) is 5.91 Å². The molecule has 0 heterocycles. The smallest absolute Gasteiger partial charge is 0.219 e. The number of nitrogens with one attached hydrogen (secondary N) is 1.